The Hall–Kier alpha value is -2.14. The van der Waals surface area contributed by atoms with Crippen molar-refractivity contribution in [2.24, 2.45) is 11.3 Å². The molecule has 1 amide bonds. The van der Waals surface area contributed by atoms with Crippen LogP contribution in [0.5, 0.6) is 0 Å². The molecule has 0 aliphatic carbocycles. The number of benzene rings is 1. The maximum absolute atomic E-state index is 13.0. The molecule has 0 N–H and O–H groups in total. The lowest BCUT2D eigenvalue weighted by Crippen LogP contribution is -2.52. The fourth-order valence-electron chi connectivity index (χ4n) is 4.21. The Balaban J connectivity index is 1.73. The van der Waals surface area contributed by atoms with E-state index in [9.17, 15) is 9.59 Å². The van der Waals surface area contributed by atoms with Crippen molar-refractivity contribution in [3.8, 4) is 0 Å². The summed E-state index contributed by atoms with van der Waals surface area (Å²) in [6.45, 7) is 4.65. The van der Waals surface area contributed by atoms with Crippen LogP contribution in [0.25, 0.3) is 6.08 Å². The molecule has 2 aliphatic heterocycles. The molecular formula is C23H31NO4. The first-order valence-electron chi connectivity index (χ1n) is 10.4. The number of allylic oxidation sites excluding steroid dienone is 1. The minimum atomic E-state index is -0.652. The van der Waals surface area contributed by atoms with E-state index in [4.69, 9.17) is 9.47 Å². The molecular weight excluding hydrogens is 354 g/mol. The third kappa shape index (κ3) is 5.02. The van der Waals surface area contributed by atoms with Crippen molar-refractivity contribution in [3.05, 3.63) is 42.0 Å². The molecule has 1 aromatic carbocycles. The van der Waals surface area contributed by atoms with Crippen LogP contribution < -0.4 is 0 Å². The lowest BCUT2D eigenvalue weighted by Gasteiger charge is -2.42. The highest BCUT2D eigenvalue weighted by Gasteiger charge is 2.44. The molecule has 2 saturated heterocycles. The molecule has 0 aromatic heterocycles. The van der Waals surface area contributed by atoms with Crippen LogP contribution in [0.3, 0.4) is 0 Å². The third-order valence-electron chi connectivity index (χ3n) is 5.79. The van der Waals surface area contributed by atoms with E-state index in [1.54, 1.807) is 0 Å². The van der Waals surface area contributed by atoms with Gasteiger partial charge in [-0.3, -0.25) is 9.59 Å². The van der Waals surface area contributed by atoms with Crippen molar-refractivity contribution in [3.63, 3.8) is 0 Å². The summed E-state index contributed by atoms with van der Waals surface area (Å²) < 4.78 is 10.8. The normalized spacial score (nSPS) is 23.7. The standard InChI is InChI=1S/C23H31NO4/c1-2-28-22(26)23(13-6-10-19-8-4-3-5-9-19)14-7-15-24(18-23)21(25)20-11-16-27-17-12-20/h3-6,8-10,20H,2,7,11-18H2,1H3. The quantitative estimate of drug-likeness (QED) is 0.701. The number of carbonyl (C=O) groups excluding carboxylic acids is 2. The van der Waals surface area contributed by atoms with Crippen molar-refractivity contribution in [1.29, 1.82) is 0 Å². The van der Waals surface area contributed by atoms with Crippen LogP contribution in [0.4, 0.5) is 0 Å². The second kappa shape index (κ2) is 9.87. The first-order valence-corrected chi connectivity index (χ1v) is 10.4. The van der Waals surface area contributed by atoms with Crippen LogP contribution >= 0.6 is 0 Å². The molecule has 0 radical (unpaired) electrons. The van der Waals surface area contributed by atoms with E-state index in [0.29, 0.717) is 32.8 Å². The summed E-state index contributed by atoms with van der Waals surface area (Å²) in [6, 6.07) is 10.1. The summed E-state index contributed by atoms with van der Waals surface area (Å²) in [5.74, 6) is 0.00695. The Morgan fingerprint density at radius 1 is 1.25 bits per heavy atom. The highest BCUT2D eigenvalue weighted by Crippen LogP contribution is 2.37. The van der Waals surface area contributed by atoms with E-state index in [2.05, 4.69) is 6.08 Å². The average Bonchev–Trinajstić information content (AvgIpc) is 2.75. The zero-order chi connectivity index (χ0) is 19.8. The molecule has 1 aromatic rings. The second-order valence-corrected chi connectivity index (χ2v) is 7.77. The van der Waals surface area contributed by atoms with Crippen LogP contribution in [-0.2, 0) is 19.1 Å². The van der Waals surface area contributed by atoms with Crippen LogP contribution in [0.1, 0.15) is 44.6 Å². The molecule has 0 saturated carbocycles. The lowest BCUT2D eigenvalue weighted by atomic mass is 9.76. The number of hydrogen-bond donors (Lipinski definition) is 0. The summed E-state index contributed by atoms with van der Waals surface area (Å²) in [5.41, 5.74) is 0.452. The van der Waals surface area contributed by atoms with Gasteiger partial charge >= 0.3 is 5.97 Å². The van der Waals surface area contributed by atoms with Crippen LogP contribution in [-0.4, -0.2) is 49.7 Å². The Morgan fingerprint density at radius 2 is 2.00 bits per heavy atom. The van der Waals surface area contributed by atoms with Gasteiger partial charge in [-0.1, -0.05) is 42.5 Å². The lowest BCUT2D eigenvalue weighted by molar-refractivity contribution is -0.161. The molecule has 2 aliphatic rings. The molecule has 1 atom stereocenters. The fourth-order valence-corrected chi connectivity index (χ4v) is 4.21. The van der Waals surface area contributed by atoms with Gasteiger partial charge in [-0.2, -0.15) is 0 Å². The molecule has 5 heteroatoms. The first-order chi connectivity index (χ1) is 13.6. The topological polar surface area (TPSA) is 55.8 Å². The van der Waals surface area contributed by atoms with E-state index < -0.39 is 5.41 Å². The Morgan fingerprint density at radius 3 is 2.71 bits per heavy atom. The molecule has 0 spiro atoms. The van der Waals surface area contributed by atoms with Crippen LogP contribution in [0, 0.1) is 11.3 Å². The van der Waals surface area contributed by atoms with Gasteiger partial charge in [-0.05, 0) is 44.6 Å². The van der Waals surface area contributed by atoms with Gasteiger partial charge in [0.15, 0.2) is 0 Å². The van der Waals surface area contributed by atoms with Gasteiger partial charge in [-0.25, -0.2) is 0 Å². The Kier molecular flexibility index (Phi) is 7.26. The van der Waals surface area contributed by atoms with E-state index in [-0.39, 0.29) is 17.8 Å². The number of amides is 1. The molecule has 0 bridgehead atoms. The van der Waals surface area contributed by atoms with Gasteiger partial charge in [0.25, 0.3) is 0 Å². The molecule has 3 rings (SSSR count). The highest BCUT2D eigenvalue weighted by molar-refractivity contribution is 5.82. The number of esters is 1. The van der Waals surface area contributed by atoms with Gasteiger partial charge in [0, 0.05) is 32.2 Å². The van der Waals surface area contributed by atoms with Gasteiger partial charge in [0.1, 0.15) is 0 Å². The van der Waals surface area contributed by atoms with E-state index >= 15 is 0 Å². The summed E-state index contributed by atoms with van der Waals surface area (Å²) in [5, 5.41) is 0. The molecule has 2 heterocycles. The summed E-state index contributed by atoms with van der Waals surface area (Å²) >= 11 is 0. The second-order valence-electron chi connectivity index (χ2n) is 7.77. The molecule has 1 unspecified atom stereocenters. The maximum Gasteiger partial charge on any atom is 0.314 e. The predicted octanol–water partition coefficient (Wildman–Crippen LogP) is 3.69. The minimum Gasteiger partial charge on any atom is -0.466 e. The van der Waals surface area contributed by atoms with Crippen molar-refractivity contribution in [1.82, 2.24) is 4.90 Å². The van der Waals surface area contributed by atoms with Crippen molar-refractivity contribution in [2.75, 3.05) is 32.9 Å². The van der Waals surface area contributed by atoms with Crippen molar-refractivity contribution < 1.29 is 19.1 Å². The number of likely N-dealkylation sites (tertiary alicyclic amines) is 1. The summed E-state index contributed by atoms with van der Waals surface area (Å²) in [6.07, 6.45) is 7.80. The molecule has 28 heavy (non-hydrogen) atoms. The van der Waals surface area contributed by atoms with E-state index in [1.165, 1.54) is 0 Å². The predicted molar refractivity (Wildman–Crippen MR) is 109 cm³/mol. The van der Waals surface area contributed by atoms with Crippen molar-refractivity contribution in [2.45, 2.75) is 39.0 Å². The highest BCUT2D eigenvalue weighted by atomic mass is 16.5. The number of rotatable bonds is 6. The smallest absolute Gasteiger partial charge is 0.314 e. The minimum absolute atomic E-state index is 0.0200. The SMILES string of the molecule is CCOC(=O)C1(CC=Cc2ccccc2)CCCN(C(=O)C2CCOCC2)C1. The molecule has 152 valence electrons. The average molecular weight is 386 g/mol. The molecule has 2 fully saturated rings. The molecule has 5 nitrogen and oxygen atoms in total. The zero-order valence-electron chi connectivity index (χ0n) is 16.8. The van der Waals surface area contributed by atoms with E-state index in [0.717, 1.165) is 37.8 Å². The van der Waals surface area contributed by atoms with Gasteiger partial charge in [0.05, 0.1) is 12.0 Å². The number of carbonyl (C=O) groups is 2. The van der Waals surface area contributed by atoms with E-state index in [1.807, 2.05) is 48.2 Å². The van der Waals surface area contributed by atoms with Gasteiger partial charge in [-0.15, -0.1) is 0 Å². The Labute approximate surface area is 167 Å². The first kappa shape index (κ1) is 20.6. The van der Waals surface area contributed by atoms with Crippen LogP contribution in [0.15, 0.2) is 36.4 Å². The van der Waals surface area contributed by atoms with Crippen molar-refractivity contribution >= 4 is 18.0 Å². The largest absolute Gasteiger partial charge is 0.466 e. The number of nitrogens with zero attached hydrogens (tertiary/aromatic N) is 1. The van der Waals surface area contributed by atoms with Gasteiger partial charge < -0.3 is 14.4 Å². The third-order valence-corrected chi connectivity index (χ3v) is 5.79. The fraction of sp³-hybridized carbons (Fsp3) is 0.565. The Bertz CT molecular complexity index is 681. The summed E-state index contributed by atoms with van der Waals surface area (Å²) in [4.78, 5) is 27.8. The monoisotopic (exact) mass is 385 g/mol. The summed E-state index contributed by atoms with van der Waals surface area (Å²) in [7, 11) is 0. The van der Waals surface area contributed by atoms with Crippen LogP contribution in [0.2, 0.25) is 0 Å². The zero-order valence-corrected chi connectivity index (χ0v) is 16.8. The number of hydrogen-bond acceptors (Lipinski definition) is 4. The number of piperidine rings is 1. The number of ether oxygens (including phenoxy) is 2. The maximum atomic E-state index is 13.0. The van der Waals surface area contributed by atoms with Gasteiger partial charge in [0.2, 0.25) is 5.91 Å².